The fourth-order valence-electron chi connectivity index (χ4n) is 1.42. The summed E-state index contributed by atoms with van der Waals surface area (Å²) >= 11 is 7.01. The first-order valence-electron chi connectivity index (χ1n) is 4.90. The minimum absolute atomic E-state index is 0.883. The lowest BCUT2D eigenvalue weighted by atomic mass is 10.3. The van der Waals surface area contributed by atoms with E-state index in [0.29, 0.717) is 0 Å². The van der Waals surface area contributed by atoms with Gasteiger partial charge in [0.1, 0.15) is 0 Å². The fourth-order valence-corrected chi connectivity index (χ4v) is 3.42. The number of thiophene rings is 1. The first-order chi connectivity index (χ1) is 7.79. The van der Waals surface area contributed by atoms with Crippen LogP contribution in [0.3, 0.4) is 0 Å². The molecule has 1 heterocycles. The number of nitrogens with one attached hydrogen (secondary N) is 1. The van der Waals surface area contributed by atoms with E-state index in [2.05, 4.69) is 63.9 Å². The molecule has 0 aliphatic heterocycles. The van der Waals surface area contributed by atoms with Crippen molar-refractivity contribution in [2.75, 3.05) is 11.6 Å². The van der Waals surface area contributed by atoms with Crippen molar-refractivity contribution in [2.24, 2.45) is 0 Å². The summed E-state index contributed by atoms with van der Waals surface area (Å²) in [6, 6.07) is 12.6. The minimum Gasteiger partial charge on any atom is -0.379 e. The number of hydrogen-bond donors (Lipinski definition) is 1. The van der Waals surface area contributed by atoms with Crippen LogP contribution in [0.25, 0.3) is 0 Å². The van der Waals surface area contributed by atoms with Gasteiger partial charge in [0.25, 0.3) is 0 Å². The predicted octanol–water partition coefficient (Wildman–Crippen LogP) is 4.84. The minimum atomic E-state index is 0.883. The van der Waals surface area contributed by atoms with Crippen LogP contribution in [-0.4, -0.2) is 6.26 Å². The lowest BCUT2D eigenvalue weighted by Crippen LogP contribution is -1.98. The summed E-state index contributed by atoms with van der Waals surface area (Å²) < 4.78 is 1.18. The molecule has 0 radical (unpaired) electrons. The highest BCUT2D eigenvalue weighted by molar-refractivity contribution is 9.11. The third kappa shape index (κ3) is 3.03. The van der Waals surface area contributed by atoms with E-state index in [4.69, 9.17) is 0 Å². The Morgan fingerprint density at radius 2 is 2.06 bits per heavy atom. The van der Waals surface area contributed by atoms with Crippen LogP contribution in [0.4, 0.5) is 5.69 Å². The summed E-state index contributed by atoms with van der Waals surface area (Å²) in [7, 11) is 0. The third-order valence-corrected chi connectivity index (χ3v) is 4.61. The molecule has 0 unspecified atom stereocenters. The average molecular weight is 314 g/mol. The zero-order valence-electron chi connectivity index (χ0n) is 8.87. The number of hydrogen-bond acceptors (Lipinski definition) is 3. The maximum atomic E-state index is 3.47. The monoisotopic (exact) mass is 313 g/mol. The quantitative estimate of drug-likeness (QED) is 0.810. The smallest absolute Gasteiger partial charge is 0.0702 e. The van der Waals surface area contributed by atoms with Crippen molar-refractivity contribution >= 4 is 44.7 Å². The van der Waals surface area contributed by atoms with Gasteiger partial charge in [0, 0.05) is 22.0 Å². The molecule has 2 aromatic rings. The first-order valence-corrected chi connectivity index (χ1v) is 7.74. The molecule has 1 N–H and O–H groups in total. The molecular weight excluding hydrogens is 302 g/mol. The van der Waals surface area contributed by atoms with E-state index in [1.807, 2.05) is 0 Å². The van der Waals surface area contributed by atoms with Crippen molar-refractivity contribution in [3.05, 3.63) is 45.1 Å². The topological polar surface area (TPSA) is 12.0 Å². The molecule has 0 bridgehead atoms. The van der Waals surface area contributed by atoms with E-state index in [1.54, 1.807) is 23.1 Å². The maximum absolute atomic E-state index is 3.47. The van der Waals surface area contributed by atoms with Gasteiger partial charge in [-0.2, -0.15) is 0 Å². The molecule has 0 aliphatic rings. The van der Waals surface area contributed by atoms with Crippen LogP contribution in [0.2, 0.25) is 0 Å². The first kappa shape index (κ1) is 12.0. The molecule has 0 atom stereocenters. The van der Waals surface area contributed by atoms with Gasteiger partial charge in [-0.25, -0.2) is 0 Å². The number of rotatable bonds is 4. The molecule has 1 aromatic carbocycles. The van der Waals surface area contributed by atoms with Crippen LogP contribution in [0.15, 0.2) is 45.1 Å². The number of para-hydroxylation sites is 1. The summed E-state index contributed by atoms with van der Waals surface area (Å²) in [5, 5.41) is 3.46. The van der Waals surface area contributed by atoms with Crippen molar-refractivity contribution in [1.82, 2.24) is 0 Å². The molecular formula is C12H12BrNS2. The summed E-state index contributed by atoms with van der Waals surface area (Å²) in [5.41, 5.74) is 1.21. The number of benzene rings is 1. The highest BCUT2D eigenvalue weighted by atomic mass is 79.9. The Morgan fingerprint density at radius 3 is 2.75 bits per heavy atom. The van der Waals surface area contributed by atoms with E-state index in [9.17, 15) is 0 Å². The van der Waals surface area contributed by atoms with E-state index < -0.39 is 0 Å². The highest BCUT2D eigenvalue weighted by Crippen LogP contribution is 2.27. The standard InChI is InChI=1S/C12H12BrNS2/c1-15-11-5-3-2-4-10(11)14-8-9-6-7-12(13)16-9/h2-7,14H,8H2,1H3. The van der Waals surface area contributed by atoms with Gasteiger partial charge in [-0.05, 0) is 46.5 Å². The van der Waals surface area contributed by atoms with Crippen LogP contribution in [0.1, 0.15) is 4.88 Å². The van der Waals surface area contributed by atoms with Gasteiger partial charge >= 0.3 is 0 Å². The van der Waals surface area contributed by atoms with E-state index in [1.165, 1.54) is 19.2 Å². The van der Waals surface area contributed by atoms with E-state index in [0.717, 1.165) is 6.54 Å². The molecule has 0 saturated carbocycles. The Labute approximate surface area is 112 Å². The Kier molecular flexibility index (Phi) is 4.32. The molecule has 1 nitrogen and oxygen atoms in total. The number of thioether (sulfide) groups is 1. The van der Waals surface area contributed by atoms with Gasteiger partial charge in [-0.3, -0.25) is 0 Å². The fraction of sp³-hybridized carbons (Fsp3) is 0.167. The van der Waals surface area contributed by atoms with Crippen LogP contribution >= 0.6 is 39.0 Å². The molecule has 16 heavy (non-hydrogen) atoms. The third-order valence-electron chi connectivity index (χ3n) is 2.19. The largest absolute Gasteiger partial charge is 0.379 e. The van der Waals surface area contributed by atoms with Gasteiger partial charge in [-0.1, -0.05) is 12.1 Å². The summed E-state index contributed by atoms with van der Waals surface area (Å²) in [6.07, 6.45) is 2.10. The number of anilines is 1. The Hall–Kier alpha value is -0.450. The van der Waals surface area contributed by atoms with Crippen molar-refractivity contribution < 1.29 is 0 Å². The predicted molar refractivity (Wildman–Crippen MR) is 77.6 cm³/mol. The molecule has 0 spiro atoms. The van der Waals surface area contributed by atoms with Gasteiger partial charge in [0.2, 0.25) is 0 Å². The molecule has 0 aliphatic carbocycles. The van der Waals surface area contributed by atoms with E-state index in [-0.39, 0.29) is 0 Å². The second-order valence-electron chi connectivity index (χ2n) is 3.26. The second-order valence-corrected chi connectivity index (χ2v) is 6.66. The van der Waals surface area contributed by atoms with Crippen LogP contribution < -0.4 is 5.32 Å². The molecule has 0 saturated heterocycles. The lowest BCUT2D eigenvalue weighted by molar-refractivity contribution is 1.17. The van der Waals surface area contributed by atoms with Crippen LogP contribution in [0, 0.1) is 0 Å². The van der Waals surface area contributed by atoms with Gasteiger partial charge in [0.05, 0.1) is 3.79 Å². The summed E-state index contributed by atoms with van der Waals surface area (Å²) in [5.74, 6) is 0. The molecule has 1 aromatic heterocycles. The van der Waals surface area contributed by atoms with Crippen LogP contribution in [0.5, 0.6) is 0 Å². The average Bonchev–Trinajstić information content (AvgIpc) is 2.73. The Balaban J connectivity index is 2.04. The van der Waals surface area contributed by atoms with Crippen molar-refractivity contribution in [2.45, 2.75) is 11.4 Å². The molecule has 84 valence electrons. The molecule has 0 fully saturated rings. The van der Waals surface area contributed by atoms with Gasteiger partial charge in [0.15, 0.2) is 0 Å². The molecule has 4 heteroatoms. The zero-order valence-corrected chi connectivity index (χ0v) is 12.1. The highest BCUT2D eigenvalue weighted by Gasteiger charge is 2.01. The second kappa shape index (κ2) is 5.75. The van der Waals surface area contributed by atoms with Crippen molar-refractivity contribution in [3.63, 3.8) is 0 Å². The molecule has 0 amide bonds. The zero-order chi connectivity index (χ0) is 11.4. The van der Waals surface area contributed by atoms with Crippen molar-refractivity contribution in [1.29, 1.82) is 0 Å². The SMILES string of the molecule is CSc1ccccc1NCc1ccc(Br)s1. The van der Waals surface area contributed by atoms with Crippen LogP contribution in [-0.2, 0) is 6.54 Å². The Morgan fingerprint density at radius 1 is 1.25 bits per heavy atom. The van der Waals surface area contributed by atoms with Crippen molar-refractivity contribution in [3.8, 4) is 0 Å². The normalized spacial score (nSPS) is 10.4. The molecule has 2 rings (SSSR count). The number of halogens is 1. The van der Waals surface area contributed by atoms with E-state index >= 15 is 0 Å². The van der Waals surface area contributed by atoms with Gasteiger partial charge < -0.3 is 5.32 Å². The lowest BCUT2D eigenvalue weighted by Gasteiger charge is -2.08. The summed E-state index contributed by atoms with van der Waals surface area (Å²) in [4.78, 5) is 2.63. The van der Waals surface area contributed by atoms with Gasteiger partial charge in [-0.15, -0.1) is 23.1 Å². The summed E-state index contributed by atoms with van der Waals surface area (Å²) in [6.45, 7) is 0.883. The Bertz CT molecular complexity index is 468. The maximum Gasteiger partial charge on any atom is 0.0702 e.